The standard InChI is InChI=1S/C29H52N4O8/c1-20(2)26(32-22(34)14-12-16-24(36)37)28(40)30-18-10-8-6-5-7-9-11-19-31-29(41)27(21(3)4)33-23(35)15-13-17-25(38)39/h20-21,26-27H,5-19H2,1-4H3,(H,30,40)(H,31,41)(H,32,34)(H,33,35)(H,36,37)(H,38,39)/t26-,27-/m0/s1. The summed E-state index contributed by atoms with van der Waals surface area (Å²) in [7, 11) is 0. The third kappa shape index (κ3) is 20.4. The lowest BCUT2D eigenvalue weighted by atomic mass is 10.0. The van der Waals surface area contributed by atoms with E-state index in [1.54, 1.807) is 0 Å². The Kier molecular flexibility index (Phi) is 20.8. The van der Waals surface area contributed by atoms with Gasteiger partial charge in [0.15, 0.2) is 0 Å². The molecule has 0 aromatic carbocycles. The van der Waals surface area contributed by atoms with Crippen LogP contribution in [-0.4, -0.2) is 71.0 Å². The molecule has 0 aliphatic heterocycles. The third-order valence-corrected chi connectivity index (χ3v) is 6.57. The molecule has 0 aromatic heterocycles. The van der Waals surface area contributed by atoms with Crippen LogP contribution >= 0.6 is 0 Å². The van der Waals surface area contributed by atoms with Gasteiger partial charge in [0.25, 0.3) is 0 Å². The molecule has 2 atom stereocenters. The molecule has 0 saturated heterocycles. The fourth-order valence-electron chi connectivity index (χ4n) is 4.14. The topological polar surface area (TPSA) is 191 Å². The third-order valence-electron chi connectivity index (χ3n) is 6.57. The second-order valence-corrected chi connectivity index (χ2v) is 11.1. The van der Waals surface area contributed by atoms with Crippen molar-refractivity contribution in [2.75, 3.05) is 13.1 Å². The van der Waals surface area contributed by atoms with E-state index in [9.17, 15) is 28.8 Å². The number of nitrogens with one attached hydrogen (secondary N) is 4. The Morgan fingerprint density at radius 3 is 1.10 bits per heavy atom. The van der Waals surface area contributed by atoms with Crippen LogP contribution in [0.25, 0.3) is 0 Å². The van der Waals surface area contributed by atoms with Crippen LogP contribution in [0.2, 0.25) is 0 Å². The molecule has 0 aliphatic rings. The summed E-state index contributed by atoms with van der Waals surface area (Å²) in [6.07, 6.45) is 7.15. The zero-order chi connectivity index (χ0) is 31.2. The number of aliphatic carboxylic acids is 2. The van der Waals surface area contributed by atoms with Crippen molar-refractivity contribution < 1.29 is 39.0 Å². The molecule has 0 aromatic rings. The molecule has 0 saturated carbocycles. The number of rotatable bonds is 24. The van der Waals surface area contributed by atoms with Crippen molar-refractivity contribution in [1.82, 2.24) is 21.3 Å². The molecule has 0 radical (unpaired) electrons. The van der Waals surface area contributed by atoms with Gasteiger partial charge in [-0.25, -0.2) is 0 Å². The number of carbonyl (C=O) groups is 6. The lowest BCUT2D eigenvalue weighted by Gasteiger charge is -2.21. The number of unbranched alkanes of at least 4 members (excludes halogenated alkanes) is 6. The van der Waals surface area contributed by atoms with Gasteiger partial charge in [0.05, 0.1) is 0 Å². The lowest BCUT2D eigenvalue weighted by Crippen LogP contribution is -2.49. The van der Waals surface area contributed by atoms with E-state index in [-0.39, 0.29) is 74.0 Å². The summed E-state index contributed by atoms with van der Waals surface area (Å²) < 4.78 is 0. The van der Waals surface area contributed by atoms with Crippen molar-refractivity contribution in [3.8, 4) is 0 Å². The molecular formula is C29H52N4O8. The molecule has 6 N–H and O–H groups in total. The summed E-state index contributed by atoms with van der Waals surface area (Å²) >= 11 is 0. The maximum atomic E-state index is 12.5. The smallest absolute Gasteiger partial charge is 0.303 e. The predicted octanol–water partition coefficient (Wildman–Crippen LogP) is 2.74. The van der Waals surface area contributed by atoms with Crippen molar-refractivity contribution in [3.63, 3.8) is 0 Å². The van der Waals surface area contributed by atoms with Crippen molar-refractivity contribution >= 4 is 35.6 Å². The first-order chi connectivity index (χ1) is 19.3. The van der Waals surface area contributed by atoms with Crippen LogP contribution in [0, 0.1) is 11.8 Å². The lowest BCUT2D eigenvalue weighted by molar-refractivity contribution is -0.138. The van der Waals surface area contributed by atoms with Gasteiger partial charge in [0.1, 0.15) is 12.1 Å². The van der Waals surface area contributed by atoms with E-state index < -0.39 is 24.0 Å². The summed E-state index contributed by atoms with van der Waals surface area (Å²) in [5.74, 6) is -3.19. The molecule has 236 valence electrons. The van der Waals surface area contributed by atoms with E-state index in [2.05, 4.69) is 21.3 Å². The van der Waals surface area contributed by atoms with Crippen LogP contribution in [0.5, 0.6) is 0 Å². The summed E-state index contributed by atoms with van der Waals surface area (Å²) in [4.78, 5) is 70.2. The largest absolute Gasteiger partial charge is 0.481 e. The quantitative estimate of drug-likeness (QED) is 0.0933. The average Bonchev–Trinajstić information content (AvgIpc) is 2.87. The Labute approximate surface area is 244 Å². The van der Waals surface area contributed by atoms with Crippen LogP contribution < -0.4 is 21.3 Å². The molecule has 0 heterocycles. The van der Waals surface area contributed by atoms with Gasteiger partial charge in [-0.15, -0.1) is 0 Å². The molecule has 0 rings (SSSR count). The summed E-state index contributed by atoms with van der Waals surface area (Å²) in [5.41, 5.74) is 0. The van der Waals surface area contributed by atoms with Gasteiger partial charge in [-0.1, -0.05) is 59.8 Å². The fourth-order valence-corrected chi connectivity index (χ4v) is 4.14. The molecule has 0 bridgehead atoms. The second-order valence-electron chi connectivity index (χ2n) is 11.1. The van der Waals surface area contributed by atoms with Crippen LogP contribution in [0.4, 0.5) is 0 Å². The Morgan fingerprint density at radius 1 is 0.488 bits per heavy atom. The molecule has 0 aliphatic carbocycles. The van der Waals surface area contributed by atoms with Gasteiger partial charge in [-0.2, -0.15) is 0 Å². The number of carboxylic acid groups (broad SMARTS) is 2. The highest BCUT2D eigenvalue weighted by atomic mass is 16.4. The number of carboxylic acids is 2. The Morgan fingerprint density at radius 2 is 0.805 bits per heavy atom. The van der Waals surface area contributed by atoms with Crippen LogP contribution in [0.1, 0.15) is 111 Å². The average molecular weight is 585 g/mol. The molecule has 12 heteroatoms. The second kappa shape index (κ2) is 22.5. The predicted molar refractivity (Wildman–Crippen MR) is 155 cm³/mol. The Hall–Kier alpha value is -3.18. The van der Waals surface area contributed by atoms with Gasteiger partial charge in [-0.05, 0) is 37.5 Å². The van der Waals surface area contributed by atoms with E-state index in [0.29, 0.717) is 13.1 Å². The number of hydrogen-bond acceptors (Lipinski definition) is 6. The van der Waals surface area contributed by atoms with Gasteiger partial charge >= 0.3 is 11.9 Å². The minimum absolute atomic E-state index is 0.0728. The summed E-state index contributed by atoms with van der Waals surface area (Å²) in [5, 5.41) is 28.5. The maximum Gasteiger partial charge on any atom is 0.303 e. The van der Waals surface area contributed by atoms with E-state index >= 15 is 0 Å². The number of amides is 4. The van der Waals surface area contributed by atoms with Gasteiger partial charge in [0, 0.05) is 38.8 Å². The van der Waals surface area contributed by atoms with Gasteiger partial charge in [0.2, 0.25) is 23.6 Å². The van der Waals surface area contributed by atoms with Gasteiger partial charge < -0.3 is 31.5 Å². The van der Waals surface area contributed by atoms with Crippen LogP contribution in [0.15, 0.2) is 0 Å². The minimum atomic E-state index is -0.951. The number of hydrogen-bond donors (Lipinski definition) is 6. The zero-order valence-electron chi connectivity index (χ0n) is 25.3. The maximum absolute atomic E-state index is 12.5. The van der Waals surface area contributed by atoms with Crippen molar-refractivity contribution in [3.05, 3.63) is 0 Å². The normalized spacial score (nSPS) is 12.4. The SMILES string of the molecule is CC(C)[C@H](NC(=O)CCCC(=O)O)C(=O)NCCCCCCCCCNC(=O)[C@@H](NC(=O)CCCC(=O)O)C(C)C. The highest BCUT2D eigenvalue weighted by molar-refractivity contribution is 5.88. The molecular weight excluding hydrogens is 532 g/mol. The Bertz CT molecular complexity index is 766. The van der Waals surface area contributed by atoms with Crippen molar-refractivity contribution in [2.24, 2.45) is 11.8 Å². The van der Waals surface area contributed by atoms with Crippen molar-refractivity contribution in [1.29, 1.82) is 0 Å². The summed E-state index contributed by atoms with van der Waals surface area (Å²) in [6.45, 7) is 8.44. The van der Waals surface area contributed by atoms with E-state index in [1.165, 1.54) is 0 Å². The minimum Gasteiger partial charge on any atom is -0.481 e. The van der Waals surface area contributed by atoms with Crippen LogP contribution in [0.3, 0.4) is 0 Å². The summed E-state index contributed by atoms with van der Waals surface area (Å²) in [6, 6.07) is -1.30. The monoisotopic (exact) mass is 584 g/mol. The highest BCUT2D eigenvalue weighted by Gasteiger charge is 2.24. The molecule has 0 unspecified atom stereocenters. The first-order valence-electron chi connectivity index (χ1n) is 14.9. The Balaban J connectivity index is 4.01. The zero-order valence-corrected chi connectivity index (χ0v) is 25.3. The van der Waals surface area contributed by atoms with E-state index in [1.807, 2.05) is 27.7 Å². The van der Waals surface area contributed by atoms with Crippen molar-refractivity contribution in [2.45, 2.75) is 123 Å². The van der Waals surface area contributed by atoms with Gasteiger partial charge in [-0.3, -0.25) is 28.8 Å². The molecule has 41 heavy (non-hydrogen) atoms. The molecule has 0 spiro atoms. The van der Waals surface area contributed by atoms with E-state index in [4.69, 9.17) is 10.2 Å². The van der Waals surface area contributed by atoms with E-state index in [0.717, 1.165) is 44.9 Å². The first kappa shape index (κ1) is 37.8. The molecule has 12 nitrogen and oxygen atoms in total. The highest BCUT2D eigenvalue weighted by Crippen LogP contribution is 2.09. The van der Waals surface area contributed by atoms with Crippen LogP contribution in [-0.2, 0) is 28.8 Å². The molecule has 4 amide bonds. The fraction of sp³-hybridized carbons (Fsp3) is 0.793. The number of carbonyl (C=O) groups excluding carboxylic acids is 4. The first-order valence-corrected chi connectivity index (χ1v) is 14.9. The molecule has 0 fully saturated rings.